The zero-order valence-corrected chi connectivity index (χ0v) is 13.3. The summed E-state index contributed by atoms with van der Waals surface area (Å²) in [6.07, 6.45) is 3.78. The monoisotopic (exact) mass is 292 g/mol. The normalized spacial score (nSPS) is 17.2. The van der Waals surface area contributed by atoms with E-state index in [1.54, 1.807) is 0 Å². The van der Waals surface area contributed by atoms with Crippen LogP contribution in [0.25, 0.3) is 0 Å². The first kappa shape index (κ1) is 18.7. The lowest BCUT2D eigenvalue weighted by Gasteiger charge is -2.33. The molecule has 0 radical (unpaired) electrons. The van der Waals surface area contributed by atoms with Gasteiger partial charge in [0.05, 0.1) is 6.10 Å². The Morgan fingerprint density at radius 1 is 1.32 bits per heavy atom. The fraction of sp³-hybridized carbons (Fsp3) is 0.929. The number of hydrogen-bond acceptors (Lipinski definition) is 3. The van der Waals surface area contributed by atoms with E-state index in [-0.39, 0.29) is 23.7 Å². The van der Waals surface area contributed by atoms with Gasteiger partial charge in [0, 0.05) is 26.1 Å². The Hall–Kier alpha value is -0.320. The first-order valence-corrected chi connectivity index (χ1v) is 7.02. The van der Waals surface area contributed by atoms with Crippen molar-refractivity contribution >= 4 is 18.3 Å². The van der Waals surface area contributed by atoms with Crippen LogP contribution in [-0.4, -0.2) is 43.2 Å². The maximum absolute atomic E-state index is 12.0. The zero-order chi connectivity index (χ0) is 13.6. The zero-order valence-electron chi connectivity index (χ0n) is 12.5. The molecule has 0 spiro atoms. The van der Waals surface area contributed by atoms with Gasteiger partial charge in [-0.25, -0.2) is 0 Å². The van der Waals surface area contributed by atoms with Gasteiger partial charge in [-0.15, -0.1) is 12.4 Å². The number of carbonyl (C=O) groups excluding carboxylic acids is 1. The Morgan fingerprint density at radius 2 is 1.89 bits per heavy atom. The van der Waals surface area contributed by atoms with Crippen LogP contribution in [0, 0.1) is 5.41 Å². The van der Waals surface area contributed by atoms with Crippen molar-refractivity contribution in [3.05, 3.63) is 0 Å². The largest absolute Gasteiger partial charge is 0.378 e. The third-order valence-electron chi connectivity index (χ3n) is 3.18. The Morgan fingerprint density at radius 3 is 2.37 bits per heavy atom. The van der Waals surface area contributed by atoms with Crippen LogP contribution in [0.2, 0.25) is 0 Å². The molecule has 1 amide bonds. The van der Waals surface area contributed by atoms with E-state index < -0.39 is 0 Å². The highest BCUT2D eigenvalue weighted by molar-refractivity contribution is 5.85. The van der Waals surface area contributed by atoms with E-state index in [4.69, 9.17) is 10.5 Å². The smallest absolute Gasteiger partial charge is 0.223 e. The van der Waals surface area contributed by atoms with Crippen molar-refractivity contribution in [1.29, 1.82) is 0 Å². The second-order valence-electron chi connectivity index (χ2n) is 6.33. The topological polar surface area (TPSA) is 55.6 Å². The summed E-state index contributed by atoms with van der Waals surface area (Å²) >= 11 is 0. The lowest BCUT2D eigenvalue weighted by atomic mass is 9.91. The van der Waals surface area contributed by atoms with Crippen molar-refractivity contribution in [2.75, 3.05) is 26.2 Å². The summed E-state index contributed by atoms with van der Waals surface area (Å²) in [7, 11) is 0. The summed E-state index contributed by atoms with van der Waals surface area (Å²) < 4.78 is 5.73. The molecule has 1 heterocycles. The SMILES string of the molecule is CC(C)(C)CC(=O)N1CCC(OCCCN)CC1.Cl. The quantitative estimate of drug-likeness (QED) is 0.791. The standard InChI is InChI=1S/C14H28N2O2.ClH/c1-14(2,3)11-13(17)16-8-5-12(6-9-16)18-10-4-7-15;/h12H,4-11,15H2,1-3H3;1H. The van der Waals surface area contributed by atoms with Gasteiger partial charge in [0.2, 0.25) is 5.91 Å². The third kappa shape index (κ3) is 7.75. The summed E-state index contributed by atoms with van der Waals surface area (Å²) in [6, 6.07) is 0. The molecule has 1 aliphatic rings. The number of nitrogens with zero attached hydrogens (tertiary/aromatic N) is 1. The van der Waals surface area contributed by atoms with Crippen molar-refractivity contribution in [2.45, 2.75) is 52.6 Å². The van der Waals surface area contributed by atoms with Crippen molar-refractivity contribution in [2.24, 2.45) is 11.1 Å². The molecule has 2 N–H and O–H groups in total. The van der Waals surface area contributed by atoms with Gasteiger partial charge in [-0.05, 0) is 31.2 Å². The first-order valence-electron chi connectivity index (χ1n) is 7.02. The molecule has 0 aliphatic carbocycles. The minimum Gasteiger partial charge on any atom is -0.378 e. The van der Waals surface area contributed by atoms with Crippen LogP contribution < -0.4 is 5.73 Å². The number of nitrogens with two attached hydrogens (primary N) is 1. The third-order valence-corrected chi connectivity index (χ3v) is 3.18. The predicted octanol–water partition coefficient (Wildman–Crippen LogP) is 2.20. The van der Waals surface area contributed by atoms with Gasteiger partial charge in [-0.2, -0.15) is 0 Å². The molecule has 0 aromatic carbocycles. The number of hydrogen-bond donors (Lipinski definition) is 1. The summed E-state index contributed by atoms with van der Waals surface area (Å²) in [4.78, 5) is 14.0. The van der Waals surface area contributed by atoms with Crippen molar-refractivity contribution in [3.8, 4) is 0 Å². The van der Waals surface area contributed by atoms with Crippen LogP contribution in [0.3, 0.4) is 0 Å². The van der Waals surface area contributed by atoms with E-state index in [1.165, 1.54) is 0 Å². The lowest BCUT2D eigenvalue weighted by Crippen LogP contribution is -2.42. The molecule has 0 aromatic rings. The molecule has 1 aliphatic heterocycles. The number of carbonyl (C=O) groups is 1. The van der Waals surface area contributed by atoms with E-state index in [0.717, 1.165) is 39.0 Å². The van der Waals surface area contributed by atoms with Crippen LogP contribution in [0.15, 0.2) is 0 Å². The summed E-state index contributed by atoms with van der Waals surface area (Å²) in [6.45, 7) is 9.42. The molecule has 19 heavy (non-hydrogen) atoms. The van der Waals surface area contributed by atoms with Gasteiger partial charge in [0.25, 0.3) is 0 Å². The molecule has 4 nitrogen and oxygen atoms in total. The highest BCUT2D eigenvalue weighted by atomic mass is 35.5. The molecule has 1 saturated heterocycles. The number of amides is 1. The fourth-order valence-electron chi connectivity index (χ4n) is 2.17. The van der Waals surface area contributed by atoms with Crippen LogP contribution in [0.5, 0.6) is 0 Å². The molecule has 0 bridgehead atoms. The summed E-state index contributed by atoms with van der Waals surface area (Å²) in [5.74, 6) is 0.280. The number of ether oxygens (including phenoxy) is 1. The molecule has 0 atom stereocenters. The Bertz CT molecular complexity index is 259. The molecule has 5 heteroatoms. The molecule has 114 valence electrons. The molecule has 0 saturated carbocycles. The van der Waals surface area contributed by atoms with Crippen molar-refractivity contribution in [1.82, 2.24) is 4.90 Å². The number of piperidine rings is 1. The van der Waals surface area contributed by atoms with Crippen LogP contribution in [0.4, 0.5) is 0 Å². The molecule has 1 fully saturated rings. The predicted molar refractivity (Wildman–Crippen MR) is 80.5 cm³/mol. The summed E-state index contributed by atoms with van der Waals surface area (Å²) in [5, 5.41) is 0. The minimum absolute atomic E-state index is 0. The fourth-order valence-corrected chi connectivity index (χ4v) is 2.17. The maximum atomic E-state index is 12.0. The summed E-state index contributed by atoms with van der Waals surface area (Å²) in [5.41, 5.74) is 5.51. The van der Waals surface area contributed by atoms with Gasteiger partial charge in [-0.3, -0.25) is 4.79 Å². The van der Waals surface area contributed by atoms with E-state index in [0.29, 0.717) is 19.1 Å². The Kier molecular flexibility index (Phi) is 8.62. The number of rotatable bonds is 5. The van der Waals surface area contributed by atoms with E-state index in [1.807, 2.05) is 4.90 Å². The molecule has 1 rings (SSSR count). The van der Waals surface area contributed by atoms with Crippen LogP contribution in [0.1, 0.15) is 46.5 Å². The van der Waals surface area contributed by atoms with Crippen molar-refractivity contribution in [3.63, 3.8) is 0 Å². The second kappa shape index (κ2) is 8.77. The van der Waals surface area contributed by atoms with Gasteiger partial charge < -0.3 is 15.4 Å². The van der Waals surface area contributed by atoms with Gasteiger partial charge in [-0.1, -0.05) is 20.8 Å². The molecule has 0 unspecified atom stereocenters. The van der Waals surface area contributed by atoms with Crippen LogP contribution >= 0.6 is 12.4 Å². The Balaban J connectivity index is 0.00000324. The van der Waals surface area contributed by atoms with E-state index in [2.05, 4.69) is 20.8 Å². The van der Waals surface area contributed by atoms with E-state index >= 15 is 0 Å². The molecule has 0 aromatic heterocycles. The molecular formula is C14H29ClN2O2. The number of halogens is 1. The van der Waals surface area contributed by atoms with E-state index in [9.17, 15) is 4.79 Å². The average Bonchev–Trinajstić information content (AvgIpc) is 2.28. The maximum Gasteiger partial charge on any atom is 0.223 e. The van der Waals surface area contributed by atoms with Gasteiger partial charge in [0.15, 0.2) is 0 Å². The minimum atomic E-state index is 0. The Labute approximate surface area is 123 Å². The second-order valence-corrected chi connectivity index (χ2v) is 6.33. The average molecular weight is 293 g/mol. The number of likely N-dealkylation sites (tertiary alicyclic amines) is 1. The molecular weight excluding hydrogens is 264 g/mol. The van der Waals surface area contributed by atoms with Gasteiger partial charge >= 0.3 is 0 Å². The van der Waals surface area contributed by atoms with Crippen molar-refractivity contribution < 1.29 is 9.53 Å². The highest BCUT2D eigenvalue weighted by Crippen LogP contribution is 2.22. The van der Waals surface area contributed by atoms with Crippen LogP contribution in [-0.2, 0) is 9.53 Å². The lowest BCUT2D eigenvalue weighted by molar-refractivity contribution is -0.135. The first-order chi connectivity index (χ1) is 8.42. The highest BCUT2D eigenvalue weighted by Gasteiger charge is 2.25. The van der Waals surface area contributed by atoms with Gasteiger partial charge in [0.1, 0.15) is 0 Å².